The molecule has 3 heteroatoms. The fraction of sp³-hybridized carbons (Fsp3) is 0.750. The molecule has 1 atom stereocenters. The molecule has 3 rings (SSSR count). The minimum absolute atomic E-state index is 0.726. The number of rotatable bonds is 2. The molecule has 1 fully saturated rings. The van der Waals surface area contributed by atoms with Gasteiger partial charge in [0.2, 0.25) is 0 Å². The number of nitrogens with one attached hydrogen (secondary N) is 1. The van der Waals surface area contributed by atoms with E-state index in [-0.39, 0.29) is 0 Å². The third-order valence-electron chi connectivity index (χ3n) is 3.69. The predicted molar refractivity (Wildman–Crippen MR) is 61.0 cm³/mol. The predicted octanol–water partition coefficient (Wildman–Crippen LogP) is 2.46. The summed E-state index contributed by atoms with van der Waals surface area (Å²) in [5, 5.41) is 8.20. The topological polar surface area (TPSA) is 29.9 Å². The SMILES string of the molecule is CC(C)C1CNc2cc(C3CC3)nn2C1. The van der Waals surface area contributed by atoms with Gasteiger partial charge in [0.05, 0.1) is 5.69 Å². The molecule has 1 aliphatic heterocycles. The number of hydrogen-bond donors (Lipinski definition) is 1. The standard InChI is InChI=1S/C12H19N3/c1-8(2)10-6-13-12-5-11(9-3-4-9)14-15(12)7-10/h5,8-10,13H,3-4,6-7H2,1-2H3. The van der Waals surface area contributed by atoms with Crippen LogP contribution in [0.4, 0.5) is 5.82 Å². The van der Waals surface area contributed by atoms with Gasteiger partial charge >= 0.3 is 0 Å². The van der Waals surface area contributed by atoms with E-state index in [0.29, 0.717) is 0 Å². The first-order valence-corrected chi connectivity index (χ1v) is 6.05. The average Bonchev–Trinajstić information content (AvgIpc) is 2.97. The monoisotopic (exact) mass is 205 g/mol. The van der Waals surface area contributed by atoms with E-state index in [1.165, 1.54) is 24.4 Å². The lowest BCUT2D eigenvalue weighted by Gasteiger charge is -2.27. The molecular formula is C12H19N3. The van der Waals surface area contributed by atoms with Crippen molar-refractivity contribution in [2.24, 2.45) is 11.8 Å². The summed E-state index contributed by atoms with van der Waals surface area (Å²) in [6.07, 6.45) is 2.67. The molecule has 0 aromatic carbocycles. The molecule has 0 amide bonds. The molecule has 0 saturated heterocycles. The van der Waals surface area contributed by atoms with Gasteiger partial charge in [-0.15, -0.1) is 0 Å². The summed E-state index contributed by atoms with van der Waals surface area (Å²) >= 11 is 0. The Kier molecular flexibility index (Phi) is 2.01. The van der Waals surface area contributed by atoms with Gasteiger partial charge in [-0.25, -0.2) is 4.68 Å². The van der Waals surface area contributed by atoms with Crippen LogP contribution in [0.15, 0.2) is 6.07 Å². The zero-order chi connectivity index (χ0) is 10.4. The lowest BCUT2D eigenvalue weighted by Crippen LogP contribution is -2.31. The fourth-order valence-electron chi connectivity index (χ4n) is 2.27. The van der Waals surface area contributed by atoms with E-state index in [1.54, 1.807) is 0 Å². The molecule has 2 aliphatic rings. The summed E-state index contributed by atoms with van der Waals surface area (Å²) in [4.78, 5) is 0. The second-order valence-electron chi connectivity index (χ2n) is 5.30. The molecule has 2 heterocycles. The van der Waals surface area contributed by atoms with Crippen molar-refractivity contribution in [3.05, 3.63) is 11.8 Å². The van der Waals surface area contributed by atoms with Crippen LogP contribution in [0, 0.1) is 11.8 Å². The maximum absolute atomic E-state index is 4.70. The van der Waals surface area contributed by atoms with Crippen LogP contribution < -0.4 is 5.32 Å². The largest absolute Gasteiger partial charge is 0.370 e. The molecule has 3 nitrogen and oxygen atoms in total. The highest BCUT2D eigenvalue weighted by Crippen LogP contribution is 2.40. The molecule has 1 aromatic rings. The van der Waals surface area contributed by atoms with Crippen molar-refractivity contribution in [1.29, 1.82) is 0 Å². The minimum Gasteiger partial charge on any atom is -0.370 e. The van der Waals surface area contributed by atoms with Crippen LogP contribution in [0.25, 0.3) is 0 Å². The maximum atomic E-state index is 4.70. The van der Waals surface area contributed by atoms with Crippen molar-refractivity contribution in [2.45, 2.75) is 39.2 Å². The quantitative estimate of drug-likeness (QED) is 0.803. The minimum atomic E-state index is 0.726. The third kappa shape index (κ3) is 1.64. The lowest BCUT2D eigenvalue weighted by atomic mass is 9.95. The van der Waals surface area contributed by atoms with Gasteiger partial charge in [-0.3, -0.25) is 0 Å². The Balaban J connectivity index is 1.82. The third-order valence-corrected chi connectivity index (χ3v) is 3.69. The van der Waals surface area contributed by atoms with Crippen molar-refractivity contribution in [3.8, 4) is 0 Å². The van der Waals surface area contributed by atoms with Crippen LogP contribution >= 0.6 is 0 Å². The molecule has 0 radical (unpaired) electrons. The van der Waals surface area contributed by atoms with Gasteiger partial charge in [0.15, 0.2) is 0 Å². The normalized spacial score (nSPS) is 25.1. The molecule has 1 aromatic heterocycles. The van der Waals surface area contributed by atoms with Gasteiger partial charge in [0, 0.05) is 25.1 Å². The number of anilines is 1. The Labute approximate surface area is 90.9 Å². The summed E-state index contributed by atoms with van der Waals surface area (Å²) in [6, 6.07) is 2.24. The molecule has 15 heavy (non-hydrogen) atoms. The van der Waals surface area contributed by atoms with Gasteiger partial charge in [-0.1, -0.05) is 13.8 Å². The van der Waals surface area contributed by atoms with Crippen molar-refractivity contribution in [2.75, 3.05) is 11.9 Å². The Morgan fingerprint density at radius 1 is 1.47 bits per heavy atom. The zero-order valence-electron chi connectivity index (χ0n) is 9.53. The van der Waals surface area contributed by atoms with E-state index in [0.717, 1.165) is 30.8 Å². The van der Waals surface area contributed by atoms with Crippen molar-refractivity contribution >= 4 is 5.82 Å². The molecular weight excluding hydrogens is 186 g/mol. The fourth-order valence-corrected chi connectivity index (χ4v) is 2.27. The van der Waals surface area contributed by atoms with Crippen molar-refractivity contribution in [3.63, 3.8) is 0 Å². The molecule has 1 N–H and O–H groups in total. The highest BCUT2D eigenvalue weighted by molar-refractivity contribution is 5.40. The van der Waals surface area contributed by atoms with Gasteiger partial charge in [0.25, 0.3) is 0 Å². The van der Waals surface area contributed by atoms with E-state index in [2.05, 4.69) is 29.9 Å². The lowest BCUT2D eigenvalue weighted by molar-refractivity contribution is 0.321. The van der Waals surface area contributed by atoms with E-state index in [1.807, 2.05) is 0 Å². The van der Waals surface area contributed by atoms with Gasteiger partial charge < -0.3 is 5.32 Å². The van der Waals surface area contributed by atoms with Crippen LogP contribution in [0.3, 0.4) is 0 Å². The maximum Gasteiger partial charge on any atom is 0.124 e. The van der Waals surface area contributed by atoms with Gasteiger partial charge in [0.1, 0.15) is 5.82 Å². The first kappa shape index (κ1) is 9.25. The first-order chi connectivity index (χ1) is 7.24. The van der Waals surface area contributed by atoms with E-state index in [9.17, 15) is 0 Å². The highest BCUT2D eigenvalue weighted by Gasteiger charge is 2.29. The van der Waals surface area contributed by atoms with E-state index < -0.39 is 0 Å². The van der Waals surface area contributed by atoms with Crippen LogP contribution in [0.5, 0.6) is 0 Å². The Morgan fingerprint density at radius 3 is 2.93 bits per heavy atom. The van der Waals surface area contributed by atoms with Crippen molar-refractivity contribution < 1.29 is 0 Å². The number of aromatic nitrogens is 2. The molecule has 0 bridgehead atoms. The van der Waals surface area contributed by atoms with Crippen LogP contribution in [-0.2, 0) is 6.54 Å². The number of hydrogen-bond acceptors (Lipinski definition) is 2. The van der Waals surface area contributed by atoms with Crippen LogP contribution in [0.1, 0.15) is 38.3 Å². The van der Waals surface area contributed by atoms with E-state index >= 15 is 0 Å². The van der Waals surface area contributed by atoms with E-state index in [4.69, 9.17) is 5.10 Å². The first-order valence-electron chi connectivity index (χ1n) is 6.05. The second-order valence-corrected chi connectivity index (χ2v) is 5.30. The summed E-state index contributed by atoms with van der Waals surface area (Å²) in [5.41, 5.74) is 1.31. The van der Waals surface area contributed by atoms with Crippen LogP contribution in [0.2, 0.25) is 0 Å². The molecule has 1 aliphatic carbocycles. The number of fused-ring (bicyclic) bond motifs is 1. The van der Waals surface area contributed by atoms with Crippen molar-refractivity contribution in [1.82, 2.24) is 9.78 Å². The second kappa shape index (κ2) is 3.26. The van der Waals surface area contributed by atoms with Crippen LogP contribution in [-0.4, -0.2) is 16.3 Å². The van der Waals surface area contributed by atoms with Gasteiger partial charge in [-0.05, 0) is 24.7 Å². The summed E-state index contributed by atoms with van der Waals surface area (Å²) in [5.74, 6) is 3.46. The molecule has 1 unspecified atom stereocenters. The smallest absolute Gasteiger partial charge is 0.124 e. The molecule has 1 saturated carbocycles. The number of nitrogens with zero attached hydrogens (tertiary/aromatic N) is 2. The summed E-state index contributed by atoms with van der Waals surface area (Å²) < 4.78 is 2.17. The Morgan fingerprint density at radius 2 is 2.27 bits per heavy atom. The molecule has 0 spiro atoms. The zero-order valence-corrected chi connectivity index (χ0v) is 9.53. The molecule has 82 valence electrons. The highest BCUT2D eigenvalue weighted by atomic mass is 15.3. The summed E-state index contributed by atoms with van der Waals surface area (Å²) in [6.45, 7) is 6.78. The summed E-state index contributed by atoms with van der Waals surface area (Å²) in [7, 11) is 0. The van der Waals surface area contributed by atoms with Gasteiger partial charge in [-0.2, -0.15) is 5.10 Å². The Bertz CT molecular complexity index is 363. The average molecular weight is 205 g/mol. The Hall–Kier alpha value is -0.990.